The highest BCUT2D eigenvalue weighted by atomic mass is 28.4. The lowest BCUT2D eigenvalue weighted by atomic mass is 9.46. The maximum Gasteiger partial charge on any atom is 0.193 e. The number of hydrogen-bond acceptors (Lipinski definition) is 3. The Morgan fingerprint density at radius 2 is 1.44 bits per heavy atom. The molecule has 7 atom stereocenters. The van der Waals surface area contributed by atoms with Gasteiger partial charge in [0.2, 0.25) is 0 Å². The third-order valence-corrected chi connectivity index (χ3v) is 18.2. The van der Waals surface area contributed by atoms with E-state index in [0.717, 1.165) is 31.8 Å². The Bertz CT molecular complexity index is 851. The smallest absolute Gasteiger partial charge is 0.193 e. The van der Waals surface area contributed by atoms with Crippen molar-refractivity contribution < 1.29 is 14.3 Å². The van der Waals surface area contributed by atoms with E-state index in [1.807, 2.05) is 0 Å². The normalized spacial score (nSPS) is 35.7. The number of fused-ring (bicyclic) bond motifs is 5. The van der Waals surface area contributed by atoms with Crippen LogP contribution in [0.2, 0.25) is 18.1 Å². The first-order chi connectivity index (χ1) is 20.8. The van der Waals surface area contributed by atoms with E-state index >= 15 is 0 Å². The molecule has 4 rings (SSSR count). The Balaban J connectivity index is 1.53. The molecule has 4 aliphatic rings. The summed E-state index contributed by atoms with van der Waals surface area (Å²) in [5.74, 6) is 2.07. The Kier molecular flexibility index (Phi) is 13.4. The molecular weight excluding hydrogens is 545 g/mol. The molecule has 3 saturated carbocycles. The molecule has 0 radical (unpaired) electrons. The lowest BCUT2D eigenvalue weighted by molar-refractivity contribution is -0.162. The molecule has 0 aliphatic heterocycles. The van der Waals surface area contributed by atoms with Crippen molar-refractivity contribution in [1.82, 2.24) is 0 Å². The van der Waals surface area contributed by atoms with Gasteiger partial charge in [0.1, 0.15) is 0 Å². The van der Waals surface area contributed by atoms with Crippen molar-refractivity contribution in [2.75, 3.05) is 13.2 Å². The van der Waals surface area contributed by atoms with Crippen LogP contribution in [0.1, 0.15) is 164 Å². The summed E-state index contributed by atoms with van der Waals surface area (Å²) in [7, 11) is -1.74. The Morgan fingerprint density at radius 1 is 0.791 bits per heavy atom. The summed E-state index contributed by atoms with van der Waals surface area (Å²) in [6, 6.07) is 4.07. The van der Waals surface area contributed by atoms with Crippen molar-refractivity contribution in [1.29, 1.82) is 0 Å². The number of hydrogen-bond donors (Lipinski definition) is 1. The Hall–Kier alpha value is -0.163. The van der Waals surface area contributed by atoms with Gasteiger partial charge in [0, 0.05) is 18.1 Å². The van der Waals surface area contributed by atoms with Crippen LogP contribution in [0.3, 0.4) is 0 Å². The second-order valence-electron chi connectivity index (χ2n) is 15.9. The van der Waals surface area contributed by atoms with Crippen LogP contribution < -0.4 is 0 Å². The van der Waals surface area contributed by atoms with Crippen molar-refractivity contribution in [3.63, 3.8) is 0 Å². The van der Waals surface area contributed by atoms with Crippen molar-refractivity contribution in [3.05, 3.63) is 11.6 Å². The van der Waals surface area contributed by atoms with E-state index in [2.05, 4.69) is 47.6 Å². The van der Waals surface area contributed by atoms with Crippen LogP contribution in [0.5, 0.6) is 0 Å². The van der Waals surface area contributed by atoms with Crippen LogP contribution in [-0.2, 0) is 9.16 Å². The van der Waals surface area contributed by atoms with Crippen LogP contribution in [0.15, 0.2) is 11.6 Å². The van der Waals surface area contributed by atoms with Crippen molar-refractivity contribution >= 4 is 8.32 Å². The average molecular weight is 617 g/mol. The van der Waals surface area contributed by atoms with Crippen molar-refractivity contribution in [2.24, 2.45) is 28.6 Å². The van der Waals surface area contributed by atoms with E-state index in [1.165, 1.54) is 121 Å². The van der Waals surface area contributed by atoms with Crippen LogP contribution in [-0.4, -0.2) is 38.3 Å². The van der Waals surface area contributed by atoms with E-state index in [1.54, 1.807) is 5.57 Å². The zero-order valence-electron chi connectivity index (χ0n) is 29.6. The van der Waals surface area contributed by atoms with Gasteiger partial charge in [0.05, 0.1) is 12.2 Å². The first-order valence-corrected chi connectivity index (χ1v) is 22.0. The number of allylic oxidation sites excluding steroid dienone is 1. The molecule has 43 heavy (non-hydrogen) atoms. The summed E-state index contributed by atoms with van der Waals surface area (Å²) in [5, 5.41) is 11.2. The molecule has 4 aliphatic carbocycles. The Labute approximate surface area is 268 Å². The molecule has 3 nitrogen and oxygen atoms in total. The average Bonchev–Trinajstić information content (AvgIpc) is 3.31. The number of aliphatic hydroxyl groups excluding tert-OH is 1. The van der Waals surface area contributed by atoms with Gasteiger partial charge in [-0.15, -0.1) is 0 Å². The van der Waals surface area contributed by atoms with Crippen LogP contribution in [0.4, 0.5) is 0 Å². The molecule has 0 amide bonds. The van der Waals surface area contributed by atoms with Gasteiger partial charge < -0.3 is 14.3 Å². The first kappa shape index (κ1) is 35.7. The van der Waals surface area contributed by atoms with E-state index in [-0.39, 0.29) is 16.4 Å². The fourth-order valence-electron chi connectivity index (χ4n) is 11.1. The zero-order valence-corrected chi connectivity index (χ0v) is 30.6. The SMILES string of the molecule is CCCCCCC1(OCC)CC[C@H]2[C@@H]3CC=C4CC(O[Si](CCCC)(CCCC)CCCC)CC[C@]4(CO)[C@@H]3CC[C@@]21C. The predicted octanol–water partition coefficient (Wildman–Crippen LogP) is 11.4. The second kappa shape index (κ2) is 16.1. The fraction of sp³-hybridized carbons (Fsp3) is 0.949. The largest absolute Gasteiger partial charge is 0.414 e. The highest BCUT2D eigenvalue weighted by Crippen LogP contribution is 2.68. The maximum atomic E-state index is 11.2. The minimum absolute atomic E-state index is 0.00255. The van der Waals surface area contributed by atoms with Crippen LogP contribution in [0.25, 0.3) is 0 Å². The molecule has 2 unspecified atom stereocenters. The summed E-state index contributed by atoms with van der Waals surface area (Å²) in [6.45, 7) is 15.4. The molecule has 0 aromatic rings. The number of rotatable bonds is 19. The third-order valence-electron chi connectivity index (χ3n) is 13.6. The van der Waals surface area contributed by atoms with Gasteiger partial charge in [0.25, 0.3) is 0 Å². The van der Waals surface area contributed by atoms with Gasteiger partial charge in [-0.25, -0.2) is 0 Å². The molecule has 0 heterocycles. The lowest BCUT2D eigenvalue weighted by Gasteiger charge is -2.60. The molecule has 0 aromatic carbocycles. The molecule has 1 N–H and O–H groups in total. The first-order valence-electron chi connectivity index (χ1n) is 19.4. The van der Waals surface area contributed by atoms with E-state index < -0.39 is 8.32 Å². The van der Waals surface area contributed by atoms with Gasteiger partial charge in [-0.3, -0.25) is 0 Å². The quantitative estimate of drug-likeness (QED) is 0.0891. The van der Waals surface area contributed by atoms with Crippen LogP contribution in [0, 0.1) is 28.6 Å². The number of ether oxygens (including phenoxy) is 1. The van der Waals surface area contributed by atoms with E-state index in [0.29, 0.717) is 24.5 Å². The van der Waals surface area contributed by atoms with E-state index in [9.17, 15) is 5.11 Å². The van der Waals surface area contributed by atoms with Gasteiger partial charge in [-0.2, -0.15) is 0 Å². The predicted molar refractivity (Wildman–Crippen MR) is 186 cm³/mol. The molecule has 0 spiro atoms. The molecule has 4 heteroatoms. The van der Waals surface area contributed by atoms with Crippen molar-refractivity contribution in [3.8, 4) is 0 Å². The lowest BCUT2D eigenvalue weighted by Crippen LogP contribution is -2.57. The highest BCUT2D eigenvalue weighted by Gasteiger charge is 2.65. The summed E-state index contributed by atoms with van der Waals surface area (Å²) in [5.41, 5.74) is 1.94. The molecule has 3 fully saturated rings. The summed E-state index contributed by atoms with van der Waals surface area (Å²) >= 11 is 0. The molecule has 0 saturated heterocycles. The highest BCUT2D eigenvalue weighted by molar-refractivity contribution is 6.73. The second-order valence-corrected chi connectivity index (χ2v) is 20.0. The van der Waals surface area contributed by atoms with Crippen molar-refractivity contribution in [2.45, 2.75) is 193 Å². The summed E-state index contributed by atoms with van der Waals surface area (Å²) in [6.07, 6.45) is 27.2. The zero-order chi connectivity index (χ0) is 31.0. The van der Waals surface area contributed by atoms with E-state index in [4.69, 9.17) is 9.16 Å². The monoisotopic (exact) mass is 617 g/mol. The van der Waals surface area contributed by atoms with Crippen LogP contribution >= 0.6 is 0 Å². The van der Waals surface area contributed by atoms with Gasteiger partial charge >= 0.3 is 0 Å². The number of unbranched alkanes of at least 4 members (excludes halogenated alkanes) is 6. The topological polar surface area (TPSA) is 38.7 Å². The summed E-state index contributed by atoms with van der Waals surface area (Å²) in [4.78, 5) is 0. The third kappa shape index (κ3) is 7.23. The number of aliphatic hydroxyl groups is 1. The van der Waals surface area contributed by atoms with Gasteiger partial charge in [-0.1, -0.05) is 110 Å². The molecule has 250 valence electrons. The molecule has 0 aromatic heterocycles. The fourth-order valence-corrected chi connectivity index (χ4v) is 16.2. The minimum atomic E-state index is -1.74. The van der Waals surface area contributed by atoms with Gasteiger partial charge in [0.15, 0.2) is 8.32 Å². The standard InChI is InChI=1S/C39H72O3Si/c1-7-12-16-17-23-39(41-11-5)26-22-35-34-19-18-32-30-33(20-25-38(32,31-40)36(34)21-24-37(35,39)6)42-43(27-13-8-2,28-14-9-3)29-15-10-4/h18,33-36,40H,7-17,19-31H2,1-6H3/t33?,34-,35-,36+,37-,38+,39?/m0/s1. The Morgan fingerprint density at radius 3 is 2.05 bits per heavy atom. The summed E-state index contributed by atoms with van der Waals surface area (Å²) < 4.78 is 14.3. The molecule has 0 bridgehead atoms. The maximum absolute atomic E-state index is 11.2. The minimum Gasteiger partial charge on any atom is -0.414 e. The molecular formula is C39H72O3Si. The van der Waals surface area contributed by atoms with Gasteiger partial charge in [-0.05, 0) is 106 Å².